The second-order valence-electron chi connectivity index (χ2n) is 8.88. The van der Waals surface area contributed by atoms with E-state index >= 15 is 0 Å². The number of nitrogens with one attached hydrogen (secondary N) is 1. The molecule has 1 saturated heterocycles. The molecule has 10 heteroatoms. The molecule has 2 rings (SSSR count). The third-order valence-corrected chi connectivity index (χ3v) is 5.52. The van der Waals surface area contributed by atoms with Crippen molar-refractivity contribution < 1.29 is 29.0 Å². The van der Waals surface area contributed by atoms with E-state index in [1.165, 1.54) is 26.2 Å². The molecule has 32 heavy (non-hydrogen) atoms. The van der Waals surface area contributed by atoms with Crippen molar-refractivity contribution in [2.75, 3.05) is 21.3 Å². The molecule has 0 aliphatic carbocycles. The van der Waals surface area contributed by atoms with E-state index < -0.39 is 17.7 Å². The van der Waals surface area contributed by atoms with Crippen molar-refractivity contribution in [3.63, 3.8) is 0 Å². The van der Waals surface area contributed by atoms with Gasteiger partial charge in [0, 0.05) is 18.6 Å². The lowest BCUT2D eigenvalue weighted by Gasteiger charge is -2.39. The van der Waals surface area contributed by atoms with Crippen LogP contribution >= 0.6 is 0 Å². The van der Waals surface area contributed by atoms with E-state index in [-0.39, 0.29) is 24.7 Å². The smallest absolute Gasteiger partial charge is 0.343 e. The van der Waals surface area contributed by atoms with Crippen LogP contribution in [0.15, 0.2) is 12.1 Å². The molecule has 0 radical (unpaired) electrons. The maximum atomic E-state index is 13.5. The summed E-state index contributed by atoms with van der Waals surface area (Å²) in [6, 6.07) is 2.18. The minimum absolute atomic E-state index is 0.166. The topological polar surface area (TPSA) is 104 Å². The molecular weight excluding hydrogens is 416 g/mol. The highest BCUT2D eigenvalue weighted by atomic mass is 16.5. The number of ether oxygens (including phenoxy) is 3. The molecule has 2 N–H and O–H groups in total. The van der Waals surface area contributed by atoms with Gasteiger partial charge in [-0.15, -0.1) is 0 Å². The van der Waals surface area contributed by atoms with E-state index in [2.05, 4.69) is 5.32 Å². The normalized spacial score (nSPS) is 17.8. The van der Waals surface area contributed by atoms with Gasteiger partial charge in [0.2, 0.25) is 5.75 Å². The zero-order valence-corrected chi connectivity index (χ0v) is 20.4. The van der Waals surface area contributed by atoms with Crippen LogP contribution in [-0.2, 0) is 6.54 Å². The van der Waals surface area contributed by atoms with Crippen molar-refractivity contribution in [3.05, 3.63) is 17.7 Å². The third kappa shape index (κ3) is 4.64. The highest BCUT2D eigenvalue weighted by Crippen LogP contribution is 2.41. The molecule has 1 aromatic rings. The molecular formula is C22H36N4O6. The van der Waals surface area contributed by atoms with Crippen LogP contribution in [0.2, 0.25) is 0 Å². The van der Waals surface area contributed by atoms with Gasteiger partial charge in [-0.2, -0.15) is 5.06 Å². The van der Waals surface area contributed by atoms with Crippen molar-refractivity contribution in [2.45, 2.75) is 71.9 Å². The molecule has 180 valence electrons. The Morgan fingerprint density at radius 1 is 1.12 bits per heavy atom. The predicted molar refractivity (Wildman–Crippen MR) is 119 cm³/mol. The van der Waals surface area contributed by atoms with Gasteiger partial charge in [-0.25, -0.2) is 9.59 Å². The summed E-state index contributed by atoms with van der Waals surface area (Å²) in [5.74, 6) is 1.41. The number of rotatable bonds is 8. The Morgan fingerprint density at radius 3 is 2.06 bits per heavy atom. The number of hydrogen-bond donors (Lipinski definition) is 2. The second-order valence-corrected chi connectivity index (χ2v) is 8.88. The van der Waals surface area contributed by atoms with E-state index in [1.807, 2.05) is 27.7 Å². The Hall–Kier alpha value is -2.88. The summed E-state index contributed by atoms with van der Waals surface area (Å²) in [5, 5.41) is 14.1. The zero-order valence-electron chi connectivity index (χ0n) is 20.4. The number of nitrogens with zero attached hydrogens (tertiary/aromatic N) is 3. The average Bonchev–Trinajstić information content (AvgIpc) is 2.91. The summed E-state index contributed by atoms with van der Waals surface area (Å²) in [6.07, 6.45) is -0.893. The first-order valence-electron chi connectivity index (χ1n) is 10.6. The Morgan fingerprint density at radius 2 is 1.66 bits per heavy atom. The lowest BCUT2D eigenvalue weighted by Crippen LogP contribution is -2.60. The van der Waals surface area contributed by atoms with Crippen molar-refractivity contribution in [1.29, 1.82) is 0 Å². The van der Waals surface area contributed by atoms with E-state index in [4.69, 9.17) is 14.2 Å². The van der Waals surface area contributed by atoms with Gasteiger partial charge in [-0.05, 0) is 59.2 Å². The first kappa shape index (κ1) is 25.4. The fourth-order valence-corrected chi connectivity index (χ4v) is 4.00. The Bertz CT molecular complexity index is 817. The third-order valence-electron chi connectivity index (χ3n) is 5.52. The van der Waals surface area contributed by atoms with Crippen molar-refractivity contribution in [3.8, 4) is 17.2 Å². The largest absolute Gasteiger partial charge is 0.493 e. The van der Waals surface area contributed by atoms with E-state index in [1.54, 1.807) is 30.9 Å². The lowest BCUT2D eigenvalue weighted by molar-refractivity contribution is -0.138. The van der Waals surface area contributed by atoms with Crippen LogP contribution in [0.1, 0.15) is 47.1 Å². The van der Waals surface area contributed by atoms with Crippen LogP contribution in [0.3, 0.4) is 0 Å². The highest BCUT2D eigenvalue weighted by molar-refractivity contribution is 5.81. The van der Waals surface area contributed by atoms with Gasteiger partial charge in [0.15, 0.2) is 17.7 Å². The maximum Gasteiger partial charge on any atom is 0.343 e. The van der Waals surface area contributed by atoms with Crippen molar-refractivity contribution in [1.82, 2.24) is 20.2 Å². The van der Waals surface area contributed by atoms with Gasteiger partial charge in [0.25, 0.3) is 0 Å². The van der Waals surface area contributed by atoms with Gasteiger partial charge < -0.3 is 24.4 Å². The highest BCUT2D eigenvalue weighted by Gasteiger charge is 2.56. The van der Waals surface area contributed by atoms with E-state index in [9.17, 15) is 14.8 Å². The van der Waals surface area contributed by atoms with Crippen LogP contribution in [0.5, 0.6) is 17.2 Å². The first-order chi connectivity index (χ1) is 14.9. The van der Waals surface area contributed by atoms with E-state index in [0.717, 1.165) is 5.56 Å². The van der Waals surface area contributed by atoms with Crippen LogP contribution in [0.25, 0.3) is 0 Å². The van der Waals surface area contributed by atoms with Crippen molar-refractivity contribution in [2.24, 2.45) is 0 Å². The summed E-state index contributed by atoms with van der Waals surface area (Å²) in [4.78, 5) is 29.2. The molecule has 1 fully saturated rings. The Labute approximate surface area is 190 Å². The molecule has 4 amide bonds. The second kappa shape index (κ2) is 9.72. The minimum Gasteiger partial charge on any atom is -0.493 e. The molecule has 0 spiro atoms. The average molecular weight is 453 g/mol. The number of carbonyl (C=O) groups excluding carboxylic acids is 2. The standard InChI is InChI=1S/C22H36N4O6/c1-13(2)23-20(27)26(29)19-22(5,6)24(21(28)25(19)14(3)4)12-15-10-16(30-7)18(32-9)17(11-15)31-8/h10-11,13-14,19,29H,12H2,1-9H3,(H,23,27)/t19-/m1/s1. The van der Waals surface area contributed by atoms with Crippen LogP contribution in [0, 0.1) is 0 Å². The SMILES string of the molecule is COc1cc(CN2C(=O)N(C(C)C)[C@H](N(O)C(=O)NC(C)C)C2(C)C)cc(OC)c1OC. The molecule has 0 bridgehead atoms. The van der Waals surface area contributed by atoms with Crippen molar-refractivity contribution >= 4 is 12.1 Å². The molecule has 0 saturated carbocycles. The summed E-state index contributed by atoms with van der Waals surface area (Å²) >= 11 is 0. The first-order valence-corrected chi connectivity index (χ1v) is 10.6. The summed E-state index contributed by atoms with van der Waals surface area (Å²) in [5.41, 5.74) is -0.161. The molecule has 0 unspecified atom stereocenters. The van der Waals surface area contributed by atoms with Gasteiger partial charge in [-0.1, -0.05) is 0 Å². The number of carbonyl (C=O) groups is 2. The van der Waals surface area contributed by atoms with Crippen LogP contribution < -0.4 is 19.5 Å². The maximum absolute atomic E-state index is 13.5. The quantitative estimate of drug-likeness (QED) is 0.463. The zero-order chi connectivity index (χ0) is 24.4. The number of urea groups is 2. The monoisotopic (exact) mass is 452 g/mol. The summed E-state index contributed by atoms with van der Waals surface area (Å²) < 4.78 is 16.2. The van der Waals surface area contributed by atoms with Gasteiger partial charge >= 0.3 is 12.1 Å². The molecule has 1 atom stereocenters. The number of methoxy groups -OCH3 is 3. The fraction of sp³-hybridized carbons (Fsp3) is 0.636. The molecule has 0 aromatic heterocycles. The fourth-order valence-electron chi connectivity index (χ4n) is 4.00. The number of hydroxylamine groups is 2. The van der Waals surface area contributed by atoms with Crippen LogP contribution in [0.4, 0.5) is 9.59 Å². The summed E-state index contributed by atoms with van der Waals surface area (Å²) in [6.45, 7) is 11.1. The summed E-state index contributed by atoms with van der Waals surface area (Å²) in [7, 11) is 4.58. The number of amides is 4. The molecule has 10 nitrogen and oxygen atoms in total. The van der Waals surface area contributed by atoms with Gasteiger partial charge in [0.05, 0.1) is 26.9 Å². The van der Waals surface area contributed by atoms with Crippen LogP contribution in [-0.4, -0.2) is 77.3 Å². The Kier molecular flexibility index (Phi) is 7.71. The molecule has 1 heterocycles. The molecule has 1 aromatic carbocycles. The van der Waals surface area contributed by atoms with Gasteiger partial charge in [-0.3, -0.25) is 10.1 Å². The van der Waals surface area contributed by atoms with E-state index in [0.29, 0.717) is 22.3 Å². The minimum atomic E-state index is -0.912. The number of hydrogen-bond acceptors (Lipinski definition) is 6. The predicted octanol–water partition coefficient (Wildman–Crippen LogP) is 3.27. The molecule has 1 aliphatic rings. The lowest BCUT2D eigenvalue weighted by atomic mass is 9.98. The van der Waals surface area contributed by atoms with Gasteiger partial charge in [0.1, 0.15) is 0 Å². The Balaban J connectivity index is 2.47. The molecule has 1 aliphatic heterocycles. The number of benzene rings is 1.